The number of rotatable bonds is 3. The van der Waals surface area contributed by atoms with E-state index in [9.17, 15) is 4.39 Å². The van der Waals surface area contributed by atoms with Gasteiger partial charge in [-0.25, -0.2) is 4.39 Å². The van der Waals surface area contributed by atoms with Crippen LogP contribution in [0.15, 0.2) is 22.7 Å². The van der Waals surface area contributed by atoms with Crippen LogP contribution in [0.1, 0.15) is 12.0 Å². The molecule has 16 heavy (non-hydrogen) atoms. The molecule has 1 atom stereocenters. The maximum Gasteiger partial charge on any atom is 0.124 e. The average molecular weight is 288 g/mol. The van der Waals surface area contributed by atoms with Crippen LogP contribution in [0.2, 0.25) is 0 Å². The van der Waals surface area contributed by atoms with E-state index >= 15 is 0 Å². The van der Waals surface area contributed by atoms with E-state index in [0.717, 1.165) is 29.5 Å². The fourth-order valence-corrected chi connectivity index (χ4v) is 2.68. The number of nitrogens with two attached hydrogens (primary N) is 1. The topological polar surface area (TPSA) is 35.2 Å². The molecule has 1 saturated heterocycles. The van der Waals surface area contributed by atoms with Crippen molar-refractivity contribution in [2.75, 3.05) is 19.8 Å². The molecule has 1 unspecified atom stereocenters. The lowest BCUT2D eigenvalue weighted by atomic mass is 9.81. The third kappa shape index (κ3) is 2.62. The zero-order valence-corrected chi connectivity index (χ0v) is 10.6. The van der Waals surface area contributed by atoms with E-state index < -0.39 is 0 Å². The zero-order valence-electron chi connectivity index (χ0n) is 9.01. The van der Waals surface area contributed by atoms with Gasteiger partial charge in [-0.15, -0.1) is 0 Å². The minimum absolute atomic E-state index is 0.00671. The Hall–Kier alpha value is -0.450. The summed E-state index contributed by atoms with van der Waals surface area (Å²) in [6, 6.07) is 4.98. The van der Waals surface area contributed by atoms with Crippen LogP contribution in [-0.4, -0.2) is 19.8 Å². The highest BCUT2D eigenvalue weighted by atomic mass is 79.9. The van der Waals surface area contributed by atoms with Gasteiger partial charge in [-0.05, 0) is 36.6 Å². The summed E-state index contributed by atoms with van der Waals surface area (Å²) in [5.74, 6) is -0.213. The van der Waals surface area contributed by atoms with Gasteiger partial charge in [-0.2, -0.15) is 0 Å². The molecule has 1 fully saturated rings. The number of benzene rings is 1. The van der Waals surface area contributed by atoms with Gasteiger partial charge in [0.15, 0.2) is 0 Å². The van der Waals surface area contributed by atoms with Crippen LogP contribution in [0.3, 0.4) is 0 Å². The standard InChI is InChI=1S/C12H15BrFNO/c13-10-3-9(4-11(14)5-10)6-12(7-15)1-2-16-8-12/h3-5H,1-2,6-8,15H2. The Balaban J connectivity index is 2.18. The second-order valence-electron chi connectivity index (χ2n) is 4.46. The van der Waals surface area contributed by atoms with E-state index in [1.807, 2.05) is 6.07 Å². The highest BCUT2D eigenvalue weighted by Crippen LogP contribution is 2.32. The normalized spacial score (nSPS) is 24.9. The lowest BCUT2D eigenvalue weighted by Gasteiger charge is -2.25. The highest BCUT2D eigenvalue weighted by molar-refractivity contribution is 9.10. The molecule has 0 aromatic heterocycles. The monoisotopic (exact) mass is 287 g/mol. The number of hydrogen-bond acceptors (Lipinski definition) is 2. The molecule has 0 aliphatic carbocycles. The third-order valence-corrected chi connectivity index (χ3v) is 3.58. The second-order valence-corrected chi connectivity index (χ2v) is 5.38. The van der Waals surface area contributed by atoms with Crippen LogP contribution in [0, 0.1) is 11.2 Å². The van der Waals surface area contributed by atoms with Gasteiger partial charge in [0.25, 0.3) is 0 Å². The lowest BCUT2D eigenvalue weighted by molar-refractivity contribution is 0.154. The summed E-state index contributed by atoms with van der Waals surface area (Å²) < 4.78 is 19.4. The summed E-state index contributed by atoms with van der Waals surface area (Å²) in [6.07, 6.45) is 1.73. The molecule has 0 amide bonds. The van der Waals surface area contributed by atoms with Crippen LogP contribution >= 0.6 is 15.9 Å². The van der Waals surface area contributed by atoms with Crippen molar-refractivity contribution in [2.45, 2.75) is 12.8 Å². The second kappa shape index (κ2) is 4.82. The Morgan fingerprint density at radius 2 is 2.25 bits per heavy atom. The molecule has 1 aromatic rings. The maximum absolute atomic E-state index is 13.2. The van der Waals surface area contributed by atoms with E-state index in [4.69, 9.17) is 10.5 Å². The van der Waals surface area contributed by atoms with Gasteiger partial charge in [-0.1, -0.05) is 15.9 Å². The molecule has 0 radical (unpaired) electrons. The number of ether oxygens (including phenoxy) is 1. The first kappa shape index (κ1) is 12.0. The summed E-state index contributed by atoms with van der Waals surface area (Å²) in [5, 5.41) is 0. The fraction of sp³-hybridized carbons (Fsp3) is 0.500. The molecule has 1 aromatic carbocycles. The predicted octanol–water partition coefficient (Wildman–Crippen LogP) is 2.50. The van der Waals surface area contributed by atoms with Crippen LogP contribution in [0.25, 0.3) is 0 Å². The Bertz CT molecular complexity index is 357. The first-order valence-electron chi connectivity index (χ1n) is 5.36. The minimum Gasteiger partial charge on any atom is -0.381 e. The van der Waals surface area contributed by atoms with Crippen molar-refractivity contribution in [1.29, 1.82) is 0 Å². The van der Waals surface area contributed by atoms with Gasteiger partial charge in [0.05, 0.1) is 6.61 Å². The van der Waals surface area contributed by atoms with Crippen LogP contribution < -0.4 is 5.73 Å². The largest absolute Gasteiger partial charge is 0.381 e. The molecule has 0 saturated carbocycles. The van der Waals surface area contributed by atoms with E-state index in [2.05, 4.69) is 15.9 Å². The fourth-order valence-electron chi connectivity index (χ4n) is 2.17. The van der Waals surface area contributed by atoms with Crippen molar-refractivity contribution in [1.82, 2.24) is 0 Å². The summed E-state index contributed by atoms with van der Waals surface area (Å²) in [5.41, 5.74) is 6.78. The molecule has 4 heteroatoms. The Morgan fingerprint density at radius 1 is 1.44 bits per heavy atom. The molecular formula is C12H15BrFNO. The van der Waals surface area contributed by atoms with E-state index in [1.165, 1.54) is 6.07 Å². The van der Waals surface area contributed by atoms with Crippen molar-refractivity contribution >= 4 is 15.9 Å². The summed E-state index contributed by atoms with van der Waals surface area (Å²) in [7, 11) is 0. The van der Waals surface area contributed by atoms with Crippen LogP contribution in [-0.2, 0) is 11.2 Å². The zero-order chi connectivity index (χ0) is 11.6. The van der Waals surface area contributed by atoms with E-state index in [0.29, 0.717) is 13.2 Å². The summed E-state index contributed by atoms with van der Waals surface area (Å²) in [6.45, 7) is 2.02. The van der Waals surface area contributed by atoms with Crippen molar-refractivity contribution < 1.29 is 9.13 Å². The maximum atomic E-state index is 13.2. The van der Waals surface area contributed by atoms with Crippen molar-refractivity contribution in [3.05, 3.63) is 34.1 Å². The first-order chi connectivity index (χ1) is 7.63. The molecule has 0 spiro atoms. The van der Waals surface area contributed by atoms with Gasteiger partial charge >= 0.3 is 0 Å². The van der Waals surface area contributed by atoms with Gasteiger partial charge in [0.2, 0.25) is 0 Å². The Kier molecular flexibility index (Phi) is 3.62. The summed E-state index contributed by atoms with van der Waals surface area (Å²) in [4.78, 5) is 0. The highest BCUT2D eigenvalue weighted by Gasteiger charge is 2.33. The smallest absolute Gasteiger partial charge is 0.124 e. The average Bonchev–Trinajstić information content (AvgIpc) is 2.65. The first-order valence-corrected chi connectivity index (χ1v) is 6.16. The number of hydrogen-bond donors (Lipinski definition) is 1. The van der Waals surface area contributed by atoms with Gasteiger partial charge in [0.1, 0.15) is 5.82 Å². The van der Waals surface area contributed by atoms with Gasteiger partial charge in [-0.3, -0.25) is 0 Å². The van der Waals surface area contributed by atoms with Crippen molar-refractivity contribution in [2.24, 2.45) is 11.1 Å². The molecule has 88 valence electrons. The van der Waals surface area contributed by atoms with Gasteiger partial charge in [0, 0.05) is 23.0 Å². The molecule has 1 heterocycles. The molecule has 2 rings (SSSR count). The molecule has 1 aliphatic rings. The molecule has 1 aliphatic heterocycles. The predicted molar refractivity (Wildman–Crippen MR) is 64.7 cm³/mol. The van der Waals surface area contributed by atoms with Crippen molar-refractivity contribution in [3.63, 3.8) is 0 Å². The molecular weight excluding hydrogens is 273 g/mol. The number of halogens is 2. The van der Waals surface area contributed by atoms with Crippen LogP contribution in [0.5, 0.6) is 0 Å². The van der Waals surface area contributed by atoms with E-state index in [1.54, 1.807) is 6.07 Å². The Labute approximate surface area is 103 Å². The van der Waals surface area contributed by atoms with Gasteiger partial charge < -0.3 is 10.5 Å². The van der Waals surface area contributed by atoms with E-state index in [-0.39, 0.29) is 11.2 Å². The molecule has 2 N–H and O–H groups in total. The SMILES string of the molecule is NCC1(Cc2cc(F)cc(Br)c2)CCOC1. The molecule has 2 nitrogen and oxygen atoms in total. The quantitative estimate of drug-likeness (QED) is 0.927. The Morgan fingerprint density at radius 3 is 2.81 bits per heavy atom. The summed E-state index contributed by atoms with van der Waals surface area (Å²) >= 11 is 3.30. The third-order valence-electron chi connectivity index (χ3n) is 3.12. The molecule has 0 bridgehead atoms. The lowest BCUT2D eigenvalue weighted by Crippen LogP contribution is -2.33. The van der Waals surface area contributed by atoms with Crippen LogP contribution in [0.4, 0.5) is 4.39 Å². The minimum atomic E-state index is -0.213. The van der Waals surface area contributed by atoms with Crippen molar-refractivity contribution in [3.8, 4) is 0 Å².